The molecule has 0 spiro atoms. The average molecular weight is 494 g/mol. The van der Waals surface area contributed by atoms with Gasteiger partial charge in [-0.3, -0.25) is 9.59 Å². The molecule has 0 bridgehead atoms. The molecule has 0 atom stereocenters. The highest BCUT2D eigenvalue weighted by molar-refractivity contribution is 9.10. The van der Waals surface area contributed by atoms with Crippen LogP contribution in [0.4, 0.5) is 0 Å². The predicted molar refractivity (Wildman–Crippen MR) is 125 cm³/mol. The van der Waals surface area contributed by atoms with Crippen molar-refractivity contribution in [2.24, 2.45) is 5.10 Å². The van der Waals surface area contributed by atoms with Crippen molar-refractivity contribution in [2.45, 2.75) is 6.92 Å². The smallest absolute Gasteiger partial charge is 0.343 e. The number of hydrazone groups is 1. The first kappa shape index (κ1) is 22.9. The van der Waals surface area contributed by atoms with Crippen LogP contribution >= 0.6 is 15.9 Å². The Morgan fingerprint density at radius 1 is 1.00 bits per heavy atom. The molecule has 0 fully saturated rings. The van der Waals surface area contributed by atoms with Gasteiger partial charge in [0.15, 0.2) is 0 Å². The highest BCUT2D eigenvalue weighted by Gasteiger charge is 2.12. The van der Waals surface area contributed by atoms with E-state index in [4.69, 9.17) is 4.74 Å². The van der Waals surface area contributed by atoms with Crippen molar-refractivity contribution in [3.8, 4) is 5.75 Å². The van der Waals surface area contributed by atoms with Gasteiger partial charge in [-0.2, -0.15) is 5.10 Å². The maximum absolute atomic E-state index is 12.3. The number of benzene rings is 3. The number of halogens is 1. The number of hydrogen-bond acceptors (Lipinski definition) is 5. The number of esters is 1. The first-order chi connectivity index (χ1) is 15.4. The van der Waals surface area contributed by atoms with E-state index in [0.717, 1.165) is 10.0 Å². The lowest BCUT2D eigenvalue weighted by molar-refractivity contribution is -0.120. The average Bonchev–Trinajstić information content (AvgIpc) is 2.80. The van der Waals surface area contributed by atoms with Crippen LogP contribution in [0.15, 0.2) is 82.4 Å². The summed E-state index contributed by atoms with van der Waals surface area (Å²) in [5, 5.41) is 6.45. The SMILES string of the molecule is Cc1ccccc1C(=O)NCC(=O)N/N=C\c1cc(Br)ccc1OC(=O)c1ccccc1. The van der Waals surface area contributed by atoms with Gasteiger partial charge in [-0.1, -0.05) is 52.3 Å². The van der Waals surface area contributed by atoms with Crippen LogP contribution in [0.5, 0.6) is 5.75 Å². The second kappa shape index (κ2) is 11.0. The van der Waals surface area contributed by atoms with E-state index in [1.54, 1.807) is 60.7 Å². The minimum atomic E-state index is -0.509. The fraction of sp³-hybridized carbons (Fsp3) is 0.0833. The third-order valence-electron chi connectivity index (χ3n) is 4.38. The Kier molecular flexibility index (Phi) is 7.88. The number of nitrogens with one attached hydrogen (secondary N) is 2. The summed E-state index contributed by atoms with van der Waals surface area (Å²) in [6, 6.07) is 20.7. The van der Waals surface area contributed by atoms with E-state index in [1.807, 2.05) is 19.1 Å². The summed E-state index contributed by atoms with van der Waals surface area (Å²) >= 11 is 3.36. The normalized spacial score (nSPS) is 10.6. The molecule has 0 radical (unpaired) electrons. The van der Waals surface area contributed by atoms with Crippen LogP contribution in [0.3, 0.4) is 0 Å². The van der Waals surface area contributed by atoms with Crippen LogP contribution < -0.4 is 15.5 Å². The maximum atomic E-state index is 12.3. The van der Waals surface area contributed by atoms with E-state index < -0.39 is 11.9 Å². The molecule has 0 aliphatic heterocycles. The summed E-state index contributed by atoms with van der Waals surface area (Å²) in [6.45, 7) is 1.58. The summed E-state index contributed by atoms with van der Waals surface area (Å²) < 4.78 is 6.21. The standard InChI is InChI=1S/C24H20BrN3O4/c1-16-7-5-6-10-20(16)23(30)26-15-22(29)28-27-14-18-13-19(25)11-12-21(18)32-24(31)17-8-3-2-4-9-17/h2-14H,15H2,1H3,(H,26,30)(H,28,29)/b27-14-. The molecule has 0 aliphatic carbocycles. The first-order valence-electron chi connectivity index (χ1n) is 9.66. The Balaban J connectivity index is 1.59. The van der Waals surface area contributed by atoms with Crippen molar-refractivity contribution in [1.29, 1.82) is 0 Å². The van der Waals surface area contributed by atoms with E-state index in [-0.39, 0.29) is 18.2 Å². The monoisotopic (exact) mass is 493 g/mol. The number of carbonyl (C=O) groups is 3. The molecule has 0 unspecified atom stereocenters. The van der Waals surface area contributed by atoms with E-state index in [0.29, 0.717) is 16.7 Å². The van der Waals surface area contributed by atoms with Crippen LogP contribution in [0.1, 0.15) is 31.8 Å². The number of carbonyl (C=O) groups excluding carboxylic acids is 3. The molecule has 0 aromatic heterocycles. The molecule has 0 heterocycles. The highest BCUT2D eigenvalue weighted by atomic mass is 79.9. The van der Waals surface area contributed by atoms with Gasteiger partial charge < -0.3 is 10.1 Å². The third kappa shape index (κ3) is 6.36. The molecule has 2 N–H and O–H groups in total. The molecule has 0 saturated heterocycles. The Hall–Kier alpha value is -3.78. The zero-order valence-electron chi connectivity index (χ0n) is 17.2. The van der Waals surface area contributed by atoms with Crippen LogP contribution in [0, 0.1) is 6.92 Å². The van der Waals surface area contributed by atoms with Crippen LogP contribution in [-0.2, 0) is 4.79 Å². The number of aryl methyl sites for hydroxylation is 1. The second-order valence-corrected chi connectivity index (χ2v) is 7.64. The molecule has 3 rings (SSSR count). The van der Waals surface area contributed by atoms with Gasteiger partial charge in [-0.15, -0.1) is 0 Å². The largest absolute Gasteiger partial charge is 0.422 e. The van der Waals surface area contributed by atoms with Crippen LogP contribution in [0.25, 0.3) is 0 Å². The van der Waals surface area contributed by atoms with E-state index in [2.05, 4.69) is 31.8 Å². The number of hydrogen-bond donors (Lipinski definition) is 2. The first-order valence-corrected chi connectivity index (χ1v) is 10.5. The molecular formula is C24H20BrN3O4. The van der Waals surface area contributed by atoms with Gasteiger partial charge in [0.1, 0.15) is 5.75 Å². The van der Waals surface area contributed by atoms with Gasteiger partial charge >= 0.3 is 5.97 Å². The zero-order chi connectivity index (χ0) is 22.9. The van der Waals surface area contributed by atoms with Crippen LogP contribution in [0.2, 0.25) is 0 Å². The van der Waals surface area contributed by atoms with Gasteiger partial charge in [0, 0.05) is 15.6 Å². The van der Waals surface area contributed by atoms with Gasteiger partial charge in [-0.25, -0.2) is 10.2 Å². The van der Waals surface area contributed by atoms with E-state index in [9.17, 15) is 14.4 Å². The number of ether oxygens (including phenoxy) is 1. The van der Waals surface area contributed by atoms with Crippen molar-refractivity contribution in [3.63, 3.8) is 0 Å². The summed E-state index contributed by atoms with van der Waals surface area (Å²) in [4.78, 5) is 36.6. The lowest BCUT2D eigenvalue weighted by Crippen LogP contribution is -2.35. The minimum absolute atomic E-state index is 0.237. The Labute approximate surface area is 193 Å². The Bertz CT molecular complexity index is 1160. The molecule has 0 saturated carbocycles. The highest BCUT2D eigenvalue weighted by Crippen LogP contribution is 2.23. The predicted octanol–water partition coefficient (Wildman–Crippen LogP) is 3.86. The van der Waals surface area contributed by atoms with Crippen molar-refractivity contribution in [2.75, 3.05) is 6.54 Å². The Morgan fingerprint density at radius 3 is 2.47 bits per heavy atom. The molecule has 3 aromatic rings. The number of nitrogens with zero attached hydrogens (tertiary/aromatic N) is 1. The van der Waals surface area contributed by atoms with Crippen molar-refractivity contribution in [1.82, 2.24) is 10.7 Å². The van der Waals surface area contributed by atoms with Crippen molar-refractivity contribution in [3.05, 3.63) is 99.5 Å². The topological polar surface area (TPSA) is 96.9 Å². The van der Waals surface area contributed by atoms with Crippen molar-refractivity contribution >= 4 is 39.9 Å². The van der Waals surface area contributed by atoms with Crippen LogP contribution in [-0.4, -0.2) is 30.5 Å². The zero-order valence-corrected chi connectivity index (χ0v) is 18.8. The van der Waals surface area contributed by atoms with Gasteiger partial charge in [-0.05, 0) is 48.9 Å². The molecule has 162 valence electrons. The van der Waals surface area contributed by atoms with Gasteiger partial charge in [0.2, 0.25) is 0 Å². The third-order valence-corrected chi connectivity index (χ3v) is 4.87. The summed E-state index contributed by atoms with van der Waals surface area (Å²) in [5.41, 5.74) is 4.55. The molecule has 0 aliphatic rings. The lowest BCUT2D eigenvalue weighted by Gasteiger charge is -2.08. The van der Waals surface area contributed by atoms with E-state index >= 15 is 0 Å². The summed E-state index contributed by atoms with van der Waals surface area (Å²) in [6.07, 6.45) is 1.36. The molecule has 32 heavy (non-hydrogen) atoms. The molecular weight excluding hydrogens is 474 g/mol. The fourth-order valence-corrected chi connectivity index (χ4v) is 3.12. The van der Waals surface area contributed by atoms with E-state index in [1.165, 1.54) is 6.21 Å². The molecule has 2 amide bonds. The van der Waals surface area contributed by atoms with Crippen molar-refractivity contribution < 1.29 is 19.1 Å². The molecule has 3 aromatic carbocycles. The molecule has 8 heteroatoms. The number of amides is 2. The minimum Gasteiger partial charge on any atom is -0.422 e. The summed E-state index contributed by atoms with van der Waals surface area (Å²) in [5.74, 6) is -1.07. The van der Waals surface area contributed by atoms with Gasteiger partial charge in [0.05, 0.1) is 18.3 Å². The maximum Gasteiger partial charge on any atom is 0.343 e. The lowest BCUT2D eigenvalue weighted by atomic mass is 10.1. The Morgan fingerprint density at radius 2 is 1.72 bits per heavy atom. The number of rotatable bonds is 7. The quantitative estimate of drug-likeness (QED) is 0.226. The fourth-order valence-electron chi connectivity index (χ4n) is 2.74. The van der Waals surface area contributed by atoms with Gasteiger partial charge in [0.25, 0.3) is 11.8 Å². The molecule has 7 nitrogen and oxygen atoms in total. The second-order valence-electron chi connectivity index (χ2n) is 6.73. The summed E-state index contributed by atoms with van der Waals surface area (Å²) in [7, 11) is 0.